The van der Waals surface area contributed by atoms with Crippen LogP contribution in [-0.4, -0.2) is 25.8 Å². The van der Waals surface area contributed by atoms with Gasteiger partial charge in [-0.15, -0.1) is 0 Å². The molecule has 0 aliphatic heterocycles. The zero-order chi connectivity index (χ0) is 13.3. The predicted octanol–water partition coefficient (Wildman–Crippen LogP) is 1.74. The molecule has 0 aliphatic rings. The van der Waals surface area contributed by atoms with Gasteiger partial charge in [0.2, 0.25) is 0 Å². The molecule has 0 spiro atoms. The number of hydrogen-bond donors (Lipinski definition) is 2. The van der Waals surface area contributed by atoms with E-state index in [1.54, 1.807) is 23.0 Å². The highest BCUT2D eigenvalue weighted by Crippen LogP contribution is 2.22. The van der Waals surface area contributed by atoms with Gasteiger partial charge in [0.25, 0.3) is 0 Å². The standard InChI is InChI=1S/C11H12BrN5O/c1-6-10(12)7(2)17(15-6)9-5-8(3-4-14-9)11(13)16-18/h3-5,18H,1-2H3,(H2,13,16). The average molecular weight is 310 g/mol. The molecule has 0 amide bonds. The number of aryl methyl sites for hydroxylation is 1. The molecule has 6 nitrogen and oxygen atoms in total. The van der Waals surface area contributed by atoms with Crippen molar-refractivity contribution < 1.29 is 5.21 Å². The van der Waals surface area contributed by atoms with Crippen molar-refractivity contribution in [3.05, 3.63) is 39.8 Å². The number of aromatic nitrogens is 3. The fourth-order valence-corrected chi connectivity index (χ4v) is 1.85. The van der Waals surface area contributed by atoms with Crippen LogP contribution >= 0.6 is 15.9 Å². The Morgan fingerprint density at radius 2 is 2.22 bits per heavy atom. The predicted molar refractivity (Wildman–Crippen MR) is 71.0 cm³/mol. The Bertz CT molecular complexity index is 620. The molecule has 0 aliphatic carbocycles. The van der Waals surface area contributed by atoms with Crippen molar-refractivity contribution in [2.24, 2.45) is 10.9 Å². The molecule has 2 rings (SSSR count). The normalized spacial score (nSPS) is 11.8. The van der Waals surface area contributed by atoms with Crippen molar-refractivity contribution in [2.75, 3.05) is 0 Å². The zero-order valence-electron chi connectivity index (χ0n) is 9.92. The lowest BCUT2D eigenvalue weighted by molar-refractivity contribution is 0.318. The topological polar surface area (TPSA) is 89.3 Å². The van der Waals surface area contributed by atoms with E-state index in [-0.39, 0.29) is 5.84 Å². The zero-order valence-corrected chi connectivity index (χ0v) is 11.5. The van der Waals surface area contributed by atoms with Crippen LogP contribution in [0, 0.1) is 13.8 Å². The van der Waals surface area contributed by atoms with Gasteiger partial charge in [-0.1, -0.05) is 5.16 Å². The summed E-state index contributed by atoms with van der Waals surface area (Å²) in [6.07, 6.45) is 1.59. The Hall–Kier alpha value is -1.89. The summed E-state index contributed by atoms with van der Waals surface area (Å²) in [6.45, 7) is 3.84. The van der Waals surface area contributed by atoms with E-state index >= 15 is 0 Å². The van der Waals surface area contributed by atoms with Gasteiger partial charge in [0.15, 0.2) is 11.7 Å². The first-order valence-electron chi connectivity index (χ1n) is 5.20. The number of nitrogens with zero attached hydrogens (tertiary/aromatic N) is 4. The van der Waals surface area contributed by atoms with Gasteiger partial charge in [-0.05, 0) is 41.9 Å². The largest absolute Gasteiger partial charge is 0.409 e. The van der Waals surface area contributed by atoms with Gasteiger partial charge in [0.05, 0.1) is 15.9 Å². The van der Waals surface area contributed by atoms with Crippen molar-refractivity contribution in [1.82, 2.24) is 14.8 Å². The van der Waals surface area contributed by atoms with Gasteiger partial charge >= 0.3 is 0 Å². The minimum atomic E-state index is 0.0410. The van der Waals surface area contributed by atoms with Gasteiger partial charge in [-0.25, -0.2) is 9.67 Å². The summed E-state index contributed by atoms with van der Waals surface area (Å²) in [5.41, 5.74) is 7.96. The number of halogens is 1. The summed E-state index contributed by atoms with van der Waals surface area (Å²) in [5.74, 6) is 0.657. The molecular formula is C11H12BrN5O. The van der Waals surface area contributed by atoms with E-state index in [1.165, 1.54) is 0 Å². The highest BCUT2D eigenvalue weighted by atomic mass is 79.9. The van der Waals surface area contributed by atoms with Crippen LogP contribution in [0.3, 0.4) is 0 Å². The van der Waals surface area contributed by atoms with E-state index in [1.807, 2.05) is 13.8 Å². The van der Waals surface area contributed by atoms with Gasteiger partial charge in [0.1, 0.15) is 0 Å². The third kappa shape index (κ3) is 2.08. The molecule has 0 saturated carbocycles. The maximum Gasteiger partial charge on any atom is 0.170 e. The molecule has 18 heavy (non-hydrogen) atoms. The molecule has 0 aromatic carbocycles. The van der Waals surface area contributed by atoms with Gasteiger partial charge in [-0.2, -0.15) is 5.10 Å². The van der Waals surface area contributed by atoms with Crippen LogP contribution in [0.15, 0.2) is 28.0 Å². The van der Waals surface area contributed by atoms with Crippen molar-refractivity contribution in [3.63, 3.8) is 0 Å². The van der Waals surface area contributed by atoms with Crippen molar-refractivity contribution in [3.8, 4) is 5.82 Å². The van der Waals surface area contributed by atoms with Crippen LogP contribution in [0.4, 0.5) is 0 Å². The number of amidine groups is 1. The molecule has 3 N–H and O–H groups in total. The quantitative estimate of drug-likeness (QED) is 0.383. The minimum Gasteiger partial charge on any atom is -0.409 e. The summed E-state index contributed by atoms with van der Waals surface area (Å²) < 4.78 is 2.65. The van der Waals surface area contributed by atoms with Crippen molar-refractivity contribution in [2.45, 2.75) is 13.8 Å². The van der Waals surface area contributed by atoms with E-state index in [4.69, 9.17) is 10.9 Å². The van der Waals surface area contributed by atoms with Crippen LogP contribution in [-0.2, 0) is 0 Å². The van der Waals surface area contributed by atoms with Gasteiger partial charge in [-0.3, -0.25) is 0 Å². The van der Waals surface area contributed by atoms with Gasteiger partial charge < -0.3 is 10.9 Å². The van der Waals surface area contributed by atoms with E-state index in [9.17, 15) is 0 Å². The lowest BCUT2D eigenvalue weighted by atomic mass is 10.2. The van der Waals surface area contributed by atoms with Crippen molar-refractivity contribution in [1.29, 1.82) is 0 Å². The molecule has 0 unspecified atom stereocenters. The fourth-order valence-electron chi connectivity index (χ4n) is 1.60. The Kier molecular flexibility index (Phi) is 3.33. The molecule has 2 heterocycles. The van der Waals surface area contributed by atoms with E-state index in [0.717, 1.165) is 15.9 Å². The van der Waals surface area contributed by atoms with Crippen LogP contribution in [0.2, 0.25) is 0 Å². The van der Waals surface area contributed by atoms with E-state index in [2.05, 4.69) is 31.2 Å². The Morgan fingerprint density at radius 3 is 2.78 bits per heavy atom. The Labute approximate surface area is 112 Å². The molecule has 7 heteroatoms. The van der Waals surface area contributed by atoms with Gasteiger partial charge in [0, 0.05) is 11.8 Å². The molecular weight excluding hydrogens is 298 g/mol. The number of oxime groups is 1. The molecule has 0 radical (unpaired) electrons. The minimum absolute atomic E-state index is 0.0410. The third-order valence-corrected chi connectivity index (χ3v) is 3.72. The molecule has 0 atom stereocenters. The van der Waals surface area contributed by atoms with Crippen LogP contribution in [0.5, 0.6) is 0 Å². The summed E-state index contributed by atoms with van der Waals surface area (Å²) >= 11 is 3.46. The fraction of sp³-hybridized carbons (Fsp3) is 0.182. The number of rotatable bonds is 2. The number of nitrogens with two attached hydrogens (primary N) is 1. The SMILES string of the molecule is Cc1nn(-c2cc(C(N)=NO)ccn2)c(C)c1Br. The lowest BCUT2D eigenvalue weighted by Crippen LogP contribution is -2.14. The van der Waals surface area contributed by atoms with Crippen molar-refractivity contribution >= 4 is 21.8 Å². The maximum atomic E-state index is 8.67. The molecule has 94 valence electrons. The third-order valence-electron chi connectivity index (χ3n) is 2.57. The van der Waals surface area contributed by atoms with Crippen LogP contribution in [0.25, 0.3) is 5.82 Å². The van der Waals surface area contributed by atoms with Crippen LogP contribution < -0.4 is 5.73 Å². The monoisotopic (exact) mass is 309 g/mol. The molecule has 0 bridgehead atoms. The molecule has 0 fully saturated rings. The smallest absolute Gasteiger partial charge is 0.170 e. The molecule has 2 aromatic rings. The first-order valence-corrected chi connectivity index (χ1v) is 6.00. The highest BCUT2D eigenvalue weighted by Gasteiger charge is 2.12. The Balaban J connectivity index is 2.55. The maximum absolute atomic E-state index is 8.67. The number of pyridine rings is 1. The second kappa shape index (κ2) is 4.77. The van der Waals surface area contributed by atoms with E-state index < -0.39 is 0 Å². The summed E-state index contributed by atoms with van der Waals surface area (Å²) in [5, 5.41) is 16.0. The number of hydrogen-bond acceptors (Lipinski definition) is 4. The second-order valence-corrected chi connectivity index (χ2v) is 4.58. The molecule has 0 saturated heterocycles. The average Bonchev–Trinajstić information content (AvgIpc) is 2.66. The Morgan fingerprint density at radius 1 is 1.50 bits per heavy atom. The molecule has 2 aromatic heterocycles. The van der Waals surface area contributed by atoms with Crippen LogP contribution in [0.1, 0.15) is 17.0 Å². The second-order valence-electron chi connectivity index (χ2n) is 3.78. The summed E-state index contributed by atoms with van der Waals surface area (Å²) in [7, 11) is 0. The summed E-state index contributed by atoms with van der Waals surface area (Å²) in [6, 6.07) is 3.38. The van der Waals surface area contributed by atoms with E-state index in [0.29, 0.717) is 11.4 Å². The highest BCUT2D eigenvalue weighted by molar-refractivity contribution is 9.10. The lowest BCUT2D eigenvalue weighted by Gasteiger charge is -2.05. The first kappa shape index (κ1) is 12.6. The summed E-state index contributed by atoms with van der Waals surface area (Å²) in [4.78, 5) is 4.23. The first-order chi connectivity index (χ1) is 8.54.